The van der Waals surface area contributed by atoms with Crippen molar-refractivity contribution in [1.29, 1.82) is 0 Å². The van der Waals surface area contributed by atoms with Gasteiger partial charge in [0.2, 0.25) is 0 Å². The number of hydrogen-bond acceptors (Lipinski definition) is 5. The number of rotatable bonds is 6. The van der Waals surface area contributed by atoms with Crippen LogP contribution in [0.5, 0.6) is 23.0 Å². The van der Waals surface area contributed by atoms with E-state index in [1.807, 2.05) is 39.0 Å². The molecular formula is C29H32O5. The number of benzene rings is 2. The molecule has 0 radical (unpaired) electrons. The molecule has 3 N–H and O–H groups in total. The third-order valence-corrected chi connectivity index (χ3v) is 6.08. The summed E-state index contributed by atoms with van der Waals surface area (Å²) in [5.41, 5.74) is 4.40. The minimum atomic E-state index is -0.551. The summed E-state index contributed by atoms with van der Waals surface area (Å²) < 4.78 is 12.7. The molecule has 3 aromatic rings. The maximum absolute atomic E-state index is 11.3. The number of aromatic hydroxyl groups is 3. The largest absolute Gasteiger partial charge is 0.508 e. The monoisotopic (exact) mass is 460 g/mol. The van der Waals surface area contributed by atoms with Crippen molar-refractivity contribution in [2.24, 2.45) is 0 Å². The molecule has 0 spiro atoms. The number of hydrogen-bond donors (Lipinski definition) is 3. The van der Waals surface area contributed by atoms with Gasteiger partial charge in [0.15, 0.2) is 11.5 Å². The SMILES string of the molecule is CC(C)=CCC[C@@]1(C)C=Cc2c(c(O)c(CC=C(C)C)c3cc(-c4cc(O)cc(O)c4)oc23)O1. The molecule has 0 unspecified atom stereocenters. The molecular weight excluding hydrogens is 428 g/mol. The zero-order valence-electron chi connectivity index (χ0n) is 20.4. The smallest absolute Gasteiger partial charge is 0.173 e. The first kappa shape index (κ1) is 23.6. The summed E-state index contributed by atoms with van der Waals surface area (Å²) in [4.78, 5) is 0. The van der Waals surface area contributed by atoms with Gasteiger partial charge in [-0.25, -0.2) is 0 Å². The van der Waals surface area contributed by atoms with E-state index in [1.54, 1.807) is 0 Å². The van der Waals surface area contributed by atoms with E-state index in [0.29, 0.717) is 34.6 Å². The molecule has 5 nitrogen and oxygen atoms in total. The van der Waals surface area contributed by atoms with Crippen molar-refractivity contribution in [1.82, 2.24) is 0 Å². The molecule has 0 aliphatic carbocycles. The van der Waals surface area contributed by atoms with Crippen molar-refractivity contribution in [2.75, 3.05) is 0 Å². The third kappa shape index (κ3) is 4.69. The summed E-state index contributed by atoms with van der Waals surface area (Å²) in [5.74, 6) is 0.911. The highest BCUT2D eigenvalue weighted by atomic mass is 16.5. The Bertz CT molecular complexity index is 1310. The standard InChI is InChI=1S/C29H32O5/c1-17(2)7-6-11-29(5)12-10-23-27-24(22(9-8-18(3)4)26(32)28(23)34-29)16-25(33-27)19-13-20(30)15-21(31)14-19/h7-8,10,12-16,30-32H,6,9,11H2,1-5H3/t29-/m0/s1. The van der Waals surface area contributed by atoms with Gasteiger partial charge in [0.05, 0.1) is 5.56 Å². The molecule has 1 aliphatic heterocycles. The molecule has 2 heterocycles. The minimum Gasteiger partial charge on any atom is -0.508 e. The molecule has 178 valence electrons. The highest BCUT2D eigenvalue weighted by Crippen LogP contribution is 2.49. The van der Waals surface area contributed by atoms with Gasteiger partial charge in [-0.15, -0.1) is 0 Å². The van der Waals surface area contributed by atoms with Gasteiger partial charge in [-0.3, -0.25) is 0 Å². The average molecular weight is 461 g/mol. The molecule has 2 aromatic carbocycles. The van der Waals surface area contributed by atoms with Gasteiger partial charge in [0.25, 0.3) is 0 Å². The van der Waals surface area contributed by atoms with E-state index in [2.05, 4.69) is 26.0 Å². The van der Waals surface area contributed by atoms with Crippen LogP contribution in [0.1, 0.15) is 58.6 Å². The van der Waals surface area contributed by atoms with Gasteiger partial charge in [-0.05, 0) is 84.2 Å². The molecule has 0 amide bonds. The fourth-order valence-corrected chi connectivity index (χ4v) is 4.27. The molecule has 0 saturated heterocycles. The van der Waals surface area contributed by atoms with E-state index in [-0.39, 0.29) is 17.2 Å². The summed E-state index contributed by atoms with van der Waals surface area (Å²) in [6.45, 7) is 10.2. The summed E-state index contributed by atoms with van der Waals surface area (Å²) in [7, 11) is 0. The fraction of sp³-hybridized carbons (Fsp3) is 0.310. The summed E-state index contributed by atoms with van der Waals surface area (Å²) in [6.07, 6.45) is 10.4. The lowest BCUT2D eigenvalue weighted by Gasteiger charge is -2.32. The van der Waals surface area contributed by atoms with E-state index in [0.717, 1.165) is 29.4 Å². The summed E-state index contributed by atoms with van der Waals surface area (Å²) >= 11 is 0. The molecule has 1 aromatic heterocycles. The first-order valence-corrected chi connectivity index (χ1v) is 11.6. The van der Waals surface area contributed by atoms with Gasteiger partial charge in [-0.2, -0.15) is 0 Å². The van der Waals surface area contributed by atoms with E-state index < -0.39 is 5.60 Å². The Kier molecular flexibility index (Phi) is 6.22. The van der Waals surface area contributed by atoms with Crippen LogP contribution in [0, 0.1) is 0 Å². The van der Waals surface area contributed by atoms with Crippen LogP contribution in [0.2, 0.25) is 0 Å². The highest BCUT2D eigenvalue weighted by molar-refractivity contribution is 5.97. The molecule has 0 bridgehead atoms. The topological polar surface area (TPSA) is 83.1 Å². The number of phenolic OH excluding ortho intramolecular Hbond substituents is 3. The third-order valence-electron chi connectivity index (χ3n) is 6.08. The normalized spacial score (nSPS) is 16.7. The van der Waals surface area contributed by atoms with Gasteiger partial charge in [0.1, 0.15) is 28.4 Å². The van der Waals surface area contributed by atoms with E-state index in [1.165, 1.54) is 23.8 Å². The van der Waals surface area contributed by atoms with Crippen LogP contribution in [-0.4, -0.2) is 20.9 Å². The van der Waals surface area contributed by atoms with Crippen LogP contribution < -0.4 is 4.74 Å². The molecule has 1 atom stereocenters. The first-order chi connectivity index (χ1) is 16.1. The Morgan fingerprint density at radius 1 is 0.941 bits per heavy atom. The van der Waals surface area contributed by atoms with Crippen molar-refractivity contribution in [3.8, 4) is 34.3 Å². The van der Waals surface area contributed by atoms with Crippen LogP contribution in [0.25, 0.3) is 28.4 Å². The second-order valence-corrected chi connectivity index (χ2v) is 9.72. The van der Waals surface area contributed by atoms with Crippen molar-refractivity contribution in [2.45, 2.75) is 59.5 Å². The van der Waals surface area contributed by atoms with Crippen LogP contribution in [0.4, 0.5) is 0 Å². The lowest BCUT2D eigenvalue weighted by Crippen LogP contribution is -2.31. The number of phenols is 3. The Hall–Kier alpha value is -3.60. The molecule has 0 fully saturated rings. The Labute approximate surface area is 200 Å². The zero-order chi connectivity index (χ0) is 24.6. The van der Waals surface area contributed by atoms with Crippen LogP contribution in [0.15, 0.2) is 58.1 Å². The minimum absolute atomic E-state index is 0.0551. The molecule has 34 heavy (non-hydrogen) atoms. The van der Waals surface area contributed by atoms with Crippen molar-refractivity contribution in [3.05, 3.63) is 64.8 Å². The molecule has 0 saturated carbocycles. The van der Waals surface area contributed by atoms with E-state index in [4.69, 9.17) is 9.15 Å². The number of ether oxygens (including phenoxy) is 1. The average Bonchev–Trinajstić information content (AvgIpc) is 3.18. The number of fused-ring (bicyclic) bond motifs is 3. The predicted molar refractivity (Wildman–Crippen MR) is 137 cm³/mol. The number of allylic oxidation sites excluding steroid dienone is 4. The maximum Gasteiger partial charge on any atom is 0.173 e. The lowest BCUT2D eigenvalue weighted by molar-refractivity contribution is 0.123. The zero-order valence-corrected chi connectivity index (χ0v) is 20.4. The van der Waals surface area contributed by atoms with Gasteiger partial charge >= 0.3 is 0 Å². The van der Waals surface area contributed by atoms with E-state index in [9.17, 15) is 15.3 Å². The Balaban J connectivity index is 1.87. The molecule has 4 rings (SSSR count). The highest BCUT2D eigenvalue weighted by Gasteiger charge is 2.32. The van der Waals surface area contributed by atoms with Crippen molar-refractivity contribution >= 4 is 17.0 Å². The molecule has 5 heteroatoms. The Morgan fingerprint density at radius 3 is 2.26 bits per heavy atom. The van der Waals surface area contributed by atoms with E-state index >= 15 is 0 Å². The quantitative estimate of drug-likeness (QED) is 0.329. The lowest BCUT2D eigenvalue weighted by atomic mass is 9.92. The van der Waals surface area contributed by atoms with Gasteiger partial charge in [-0.1, -0.05) is 23.3 Å². The van der Waals surface area contributed by atoms with Gasteiger partial charge in [0, 0.05) is 22.6 Å². The van der Waals surface area contributed by atoms with Crippen molar-refractivity contribution < 1.29 is 24.5 Å². The predicted octanol–water partition coefficient (Wildman–Crippen LogP) is 7.64. The fourth-order valence-electron chi connectivity index (χ4n) is 4.27. The number of furan rings is 1. The first-order valence-electron chi connectivity index (χ1n) is 11.6. The van der Waals surface area contributed by atoms with Crippen molar-refractivity contribution in [3.63, 3.8) is 0 Å². The molecule has 1 aliphatic rings. The maximum atomic E-state index is 11.3. The summed E-state index contributed by atoms with van der Waals surface area (Å²) in [5, 5.41) is 32.0. The van der Waals surface area contributed by atoms with Crippen LogP contribution in [0.3, 0.4) is 0 Å². The van der Waals surface area contributed by atoms with Crippen LogP contribution >= 0.6 is 0 Å². The van der Waals surface area contributed by atoms with Gasteiger partial charge < -0.3 is 24.5 Å². The second kappa shape index (κ2) is 8.98. The van der Waals surface area contributed by atoms with Crippen LogP contribution in [-0.2, 0) is 6.42 Å². The Morgan fingerprint density at radius 2 is 1.62 bits per heavy atom. The summed E-state index contributed by atoms with van der Waals surface area (Å²) in [6, 6.07) is 6.18. The second-order valence-electron chi connectivity index (χ2n) is 9.72.